The molecule has 0 saturated heterocycles. The number of aliphatic imine (C=N–C) groups is 1. The highest BCUT2D eigenvalue weighted by Crippen LogP contribution is 2.29. The molecule has 4 aromatic rings. The van der Waals surface area contributed by atoms with E-state index in [4.69, 9.17) is 4.98 Å². The smallest absolute Gasteiger partial charge is 0.121 e. The molecule has 2 aliphatic rings. The van der Waals surface area contributed by atoms with E-state index >= 15 is 0 Å². The van der Waals surface area contributed by atoms with Gasteiger partial charge in [0.2, 0.25) is 0 Å². The molecule has 2 unspecified atom stereocenters. The Morgan fingerprint density at radius 1 is 0.917 bits per heavy atom. The highest BCUT2D eigenvalue weighted by Gasteiger charge is 2.26. The largest absolute Gasteiger partial charge is 0.364 e. The molecule has 0 radical (unpaired) electrons. The average Bonchev–Trinajstić information content (AvgIpc) is 3.58. The summed E-state index contributed by atoms with van der Waals surface area (Å²) in [7, 11) is 0. The van der Waals surface area contributed by atoms with Crippen molar-refractivity contribution >= 4 is 17.2 Å². The topological polar surface area (TPSA) is 72.1 Å². The van der Waals surface area contributed by atoms with Crippen LogP contribution in [0.1, 0.15) is 35.5 Å². The summed E-state index contributed by atoms with van der Waals surface area (Å²) in [4.78, 5) is 18.9. The number of benzene rings is 2. The first-order chi connectivity index (χ1) is 17.8. The predicted molar refractivity (Wildman–Crippen MR) is 146 cm³/mol. The summed E-state index contributed by atoms with van der Waals surface area (Å²) in [5.41, 5.74) is 7.27. The average molecular weight is 477 g/mol. The van der Waals surface area contributed by atoms with Crippen LogP contribution in [0.2, 0.25) is 0 Å². The van der Waals surface area contributed by atoms with Crippen LogP contribution in [0.3, 0.4) is 0 Å². The quantitative estimate of drug-likeness (QED) is 0.308. The molecule has 1 aliphatic heterocycles. The molecular weight excluding hydrogens is 444 g/mol. The number of dihydropyridines is 1. The number of nitrogens with one attached hydrogen (secondary N) is 3. The number of imidazole rings is 1. The number of para-hydroxylation sites is 2. The zero-order valence-corrected chi connectivity index (χ0v) is 20.4. The zero-order valence-electron chi connectivity index (χ0n) is 20.4. The van der Waals surface area contributed by atoms with Crippen molar-refractivity contribution < 1.29 is 0 Å². The molecule has 0 fully saturated rings. The molecule has 6 heteroatoms. The van der Waals surface area contributed by atoms with Gasteiger partial charge in [-0.3, -0.25) is 9.89 Å². The van der Waals surface area contributed by atoms with Crippen LogP contribution in [0.25, 0.3) is 11.0 Å². The van der Waals surface area contributed by atoms with E-state index < -0.39 is 0 Å². The Hall–Kier alpha value is -3.74. The van der Waals surface area contributed by atoms with E-state index in [1.54, 1.807) is 0 Å². The van der Waals surface area contributed by atoms with Gasteiger partial charge in [-0.25, -0.2) is 4.98 Å². The van der Waals surface area contributed by atoms with E-state index in [2.05, 4.69) is 91.9 Å². The number of aromatic amines is 2. The van der Waals surface area contributed by atoms with Gasteiger partial charge in [-0.15, -0.1) is 0 Å². The normalized spacial score (nSPS) is 19.1. The van der Waals surface area contributed by atoms with Gasteiger partial charge in [0.15, 0.2) is 0 Å². The second-order valence-corrected chi connectivity index (χ2v) is 9.71. The number of rotatable bonds is 9. The van der Waals surface area contributed by atoms with Gasteiger partial charge in [-0.05, 0) is 59.9 Å². The Labute approximate surface area is 211 Å². The fraction of sp³-hybridized carbons (Fsp3) is 0.267. The number of hydrogen-bond donors (Lipinski definition) is 3. The molecular formula is C30H32N6. The Morgan fingerprint density at radius 2 is 1.81 bits per heavy atom. The van der Waals surface area contributed by atoms with E-state index in [1.807, 2.05) is 24.5 Å². The molecule has 6 rings (SSSR count). The number of H-pyrrole nitrogens is 2. The molecule has 3 heterocycles. The summed E-state index contributed by atoms with van der Waals surface area (Å²) in [6.45, 7) is 3.35. The Bertz CT molecular complexity index is 1340. The van der Waals surface area contributed by atoms with Crippen molar-refractivity contribution in [2.45, 2.75) is 51.1 Å². The van der Waals surface area contributed by atoms with Crippen molar-refractivity contribution in [2.75, 3.05) is 0 Å². The van der Waals surface area contributed by atoms with E-state index in [1.165, 1.54) is 22.4 Å². The van der Waals surface area contributed by atoms with Crippen LogP contribution in [0.4, 0.5) is 0 Å². The summed E-state index contributed by atoms with van der Waals surface area (Å²) >= 11 is 0. The lowest BCUT2D eigenvalue weighted by atomic mass is 9.89. The van der Waals surface area contributed by atoms with Crippen LogP contribution in [0.5, 0.6) is 0 Å². The third-order valence-electron chi connectivity index (χ3n) is 7.12. The molecule has 3 N–H and O–H groups in total. The van der Waals surface area contributed by atoms with Gasteiger partial charge in [-0.2, -0.15) is 0 Å². The van der Waals surface area contributed by atoms with Crippen LogP contribution in [-0.4, -0.2) is 38.2 Å². The molecule has 0 saturated carbocycles. The maximum absolute atomic E-state index is 4.87. The second-order valence-electron chi connectivity index (χ2n) is 9.71. The van der Waals surface area contributed by atoms with Crippen molar-refractivity contribution in [1.82, 2.24) is 25.2 Å². The molecule has 6 nitrogen and oxygen atoms in total. The summed E-state index contributed by atoms with van der Waals surface area (Å²) in [6, 6.07) is 22.1. The van der Waals surface area contributed by atoms with Gasteiger partial charge in [0.25, 0.3) is 0 Å². The van der Waals surface area contributed by atoms with Gasteiger partial charge in [0.1, 0.15) is 5.82 Å². The lowest BCUT2D eigenvalue weighted by Gasteiger charge is -2.34. The van der Waals surface area contributed by atoms with Crippen LogP contribution in [-0.2, 0) is 26.2 Å². The molecule has 0 amide bonds. The molecule has 0 spiro atoms. The molecule has 1 aliphatic carbocycles. The molecule has 2 aromatic carbocycles. The summed E-state index contributed by atoms with van der Waals surface area (Å²) in [6.07, 6.45) is 12.8. The van der Waals surface area contributed by atoms with Gasteiger partial charge < -0.3 is 15.3 Å². The van der Waals surface area contributed by atoms with Crippen molar-refractivity contribution in [3.05, 3.63) is 113 Å². The third-order valence-corrected chi connectivity index (χ3v) is 7.12. The Balaban J connectivity index is 1.18. The van der Waals surface area contributed by atoms with Gasteiger partial charge in [0.05, 0.1) is 23.6 Å². The minimum atomic E-state index is 0.317. The molecule has 182 valence electrons. The molecule has 2 atom stereocenters. The van der Waals surface area contributed by atoms with Crippen molar-refractivity contribution in [3.63, 3.8) is 0 Å². The van der Waals surface area contributed by atoms with E-state index in [9.17, 15) is 0 Å². The van der Waals surface area contributed by atoms with Gasteiger partial charge in [-0.1, -0.05) is 48.6 Å². The first kappa shape index (κ1) is 22.7. The number of nitrogens with zero attached hydrogens (tertiary/aromatic N) is 3. The van der Waals surface area contributed by atoms with E-state index in [0.29, 0.717) is 12.1 Å². The predicted octanol–water partition coefficient (Wildman–Crippen LogP) is 5.28. The Morgan fingerprint density at radius 3 is 2.67 bits per heavy atom. The van der Waals surface area contributed by atoms with Crippen molar-refractivity contribution in [1.29, 1.82) is 0 Å². The monoisotopic (exact) mass is 476 g/mol. The van der Waals surface area contributed by atoms with Crippen LogP contribution in [0, 0.1) is 0 Å². The van der Waals surface area contributed by atoms with E-state index in [0.717, 1.165) is 55.9 Å². The summed E-state index contributed by atoms with van der Waals surface area (Å²) in [5.74, 6) is 1.01. The summed E-state index contributed by atoms with van der Waals surface area (Å²) < 4.78 is 0. The van der Waals surface area contributed by atoms with Crippen LogP contribution in [0.15, 0.2) is 95.7 Å². The van der Waals surface area contributed by atoms with Crippen LogP contribution >= 0.6 is 0 Å². The van der Waals surface area contributed by atoms with E-state index in [-0.39, 0.29) is 0 Å². The fourth-order valence-electron chi connectivity index (χ4n) is 5.21. The molecule has 0 bridgehead atoms. The zero-order chi connectivity index (χ0) is 24.2. The first-order valence-electron chi connectivity index (χ1n) is 12.8. The molecule has 36 heavy (non-hydrogen) atoms. The SMILES string of the molecule is C1=CC2=CC(N(Cc3ccc(CNCc4ccc[nH]4)cc3)Cc3nc4ccccc4[nH]3)CCC2N=C1. The fourth-order valence-corrected chi connectivity index (χ4v) is 5.21. The number of fused-ring (bicyclic) bond motifs is 2. The first-order valence-corrected chi connectivity index (χ1v) is 12.8. The maximum atomic E-state index is 4.87. The minimum Gasteiger partial charge on any atom is -0.364 e. The summed E-state index contributed by atoms with van der Waals surface area (Å²) in [5, 5.41) is 3.51. The maximum Gasteiger partial charge on any atom is 0.121 e. The van der Waals surface area contributed by atoms with Gasteiger partial charge in [0, 0.05) is 43.8 Å². The van der Waals surface area contributed by atoms with Gasteiger partial charge >= 0.3 is 0 Å². The lowest BCUT2D eigenvalue weighted by Crippen LogP contribution is -2.37. The number of allylic oxidation sites excluding steroid dienone is 1. The third kappa shape index (κ3) is 5.25. The second kappa shape index (κ2) is 10.5. The highest BCUT2D eigenvalue weighted by atomic mass is 15.2. The highest BCUT2D eigenvalue weighted by molar-refractivity contribution is 5.75. The number of aromatic nitrogens is 3. The van der Waals surface area contributed by atoms with Crippen molar-refractivity contribution in [2.24, 2.45) is 4.99 Å². The lowest BCUT2D eigenvalue weighted by molar-refractivity contribution is 0.188. The Kier molecular flexibility index (Phi) is 6.61. The standard InChI is InChI=1S/C30H32N6/c1-2-8-29-28(7-1)34-30(35-29)21-36(26-13-14-27-24(17-26)5-3-16-33-27)20-23-11-9-22(10-12-23)18-31-19-25-6-4-15-32-25/h1-12,15-17,26-27,31-32H,13-14,18-21H2,(H,34,35). The molecule has 2 aromatic heterocycles. The number of hydrogen-bond acceptors (Lipinski definition) is 4. The van der Waals surface area contributed by atoms with Crippen molar-refractivity contribution in [3.8, 4) is 0 Å². The van der Waals surface area contributed by atoms with Crippen LogP contribution < -0.4 is 5.32 Å². The minimum absolute atomic E-state index is 0.317.